The summed E-state index contributed by atoms with van der Waals surface area (Å²) < 4.78 is 5.25. The van der Waals surface area contributed by atoms with Gasteiger partial charge in [0.05, 0.1) is 5.69 Å². The van der Waals surface area contributed by atoms with E-state index in [4.69, 9.17) is 10.3 Å². The van der Waals surface area contributed by atoms with E-state index in [1.807, 2.05) is 20.8 Å². The molecule has 1 saturated heterocycles. The van der Waals surface area contributed by atoms with Crippen molar-refractivity contribution in [3.05, 3.63) is 17.5 Å². The van der Waals surface area contributed by atoms with Crippen molar-refractivity contribution < 1.29 is 14.1 Å². The molecule has 1 aliphatic heterocycles. The summed E-state index contributed by atoms with van der Waals surface area (Å²) in [7, 11) is 0. The third kappa shape index (κ3) is 2.69. The zero-order valence-electron chi connectivity index (χ0n) is 12.1. The summed E-state index contributed by atoms with van der Waals surface area (Å²) in [5.41, 5.74) is 6.12. The maximum Gasteiger partial charge on any atom is 0.240 e. The number of nitrogens with zero attached hydrogens (tertiary/aromatic N) is 2. The molecule has 0 saturated carbocycles. The molecule has 0 bridgehead atoms. The Labute approximate surface area is 118 Å². The number of carbonyl (C=O) groups is 2. The van der Waals surface area contributed by atoms with Crippen molar-refractivity contribution in [2.75, 3.05) is 6.54 Å². The number of hydrogen-bond acceptors (Lipinski definition) is 4. The largest absolute Gasteiger partial charge is 0.368 e. The molecule has 1 aliphatic rings. The Hall–Kier alpha value is -1.85. The summed E-state index contributed by atoms with van der Waals surface area (Å²) in [5.74, 6) is -0.345. The number of aromatic nitrogens is 1. The molecule has 2 rings (SSSR count). The van der Waals surface area contributed by atoms with Crippen LogP contribution in [0.4, 0.5) is 0 Å². The minimum Gasteiger partial charge on any atom is -0.368 e. The van der Waals surface area contributed by atoms with Crippen molar-refractivity contribution in [1.29, 1.82) is 0 Å². The molecule has 6 nitrogen and oxygen atoms in total. The van der Waals surface area contributed by atoms with E-state index < -0.39 is 17.9 Å². The molecule has 1 aromatic heterocycles. The van der Waals surface area contributed by atoms with Crippen molar-refractivity contribution in [3.63, 3.8) is 0 Å². The van der Waals surface area contributed by atoms with Crippen LogP contribution in [0.1, 0.15) is 44.1 Å². The highest BCUT2D eigenvalue weighted by atomic mass is 16.5. The van der Waals surface area contributed by atoms with Gasteiger partial charge in [0.15, 0.2) is 0 Å². The van der Waals surface area contributed by atoms with Crippen LogP contribution in [-0.4, -0.2) is 34.5 Å². The average Bonchev–Trinajstić information content (AvgIpc) is 2.97. The van der Waals surface area contributed by atoms with Gasteiger partial charge in [0.1, 0.15) is 17.7 Å². The van der Waals surface area contributed by atoms with Crippen LogP contribution < -0.4 is 5.73 Å². The lowest BCUT2D eigenvalue weighted by molar-refractivity contribution is -0.139. The molecule has 2 unspecified atom stereocenters. The Balaban J connectivity index is 2.26. The SMILES string of the molecule is Cc1cc(C(C(=O)N2CCCC2C(N)=O)C(C)C)on1. The molecular weight excluding hydrogens is 258 g/mol. The van der Waals surface area contributed by atoms with Gasteiger partial charge in [0.2, 0.25) is 11.8 Å². The lowest BCUT2D eigenvalue weighted by Crippen LogP contribution is -2.46. The van der Waals surface area contributed by atoms with Crippen LogP contribution in [0.3, 0.4) is 0 Å². The predicted octanol–water partition coefficient (Wildman–Crippen LogP) is 1.20. The normalized spacial score (nSPS) is 20.4. The van der Waals surface area contributed by atoms with E-state index >= 15 is 0 Å². The van der Waals surface area contributed by atoms with Crippen molar-refractivity contribution in [3.8, 4) is 0 Å². The first-order valence-corrected chi connectivity index (χ1v) is 6.94. The Bertz CT molecular complexity index is 510. The van der Waals surface area contributed by atoms with E-state index in [-0.39, 0.29) is 11.8 Å². The van der Waals surface area contributed by atoms with Gasteiger partial charge in [-0.3, -0.25) is 9.59 Å². The molecule has 1 aromatic rings. The topological polar surface area (TPSA) is 89.4 Å². The predicted molar refractivity (Wildman–Crippen MR) is 72.7 cm³/mol. The highest BCUT2D eigenvalue weighted by Crippen LogP contribution is 2.30. The van der Waals surface area contributed by atoms with Crippen LogP contribution in [0.15, 0.2) is 10.6 Å². The molecule has 2 N–H and O–H groups in total. The second-order valence-electron chi connectivity index (χ2n) is 5.68. The van der Waals surface area contributed by atoms with Crippen LogP contribution in [-0.2, 0) is 9.59 Å². The summed E-state index contributed by atoms with van der Waals surface area (Å²) in [5, 5.41) is 3.85. The van der Waals surface area contributed by atoms with Gasteiger partial charge in [-0.05, 0) is 25.7 Å². The summed E-state index contributed by atoms with van der Waals surface area (Å²) in [6.07, 6.45) is 1.45. The zero-order chi connectivity index (χ0) is 14.9. The van der Waals surface area contributed by atoms with Gasteiger partial charge in [-0.1, -0.05) is 19.0 Å². The molecule has 2 atom stereocenters. The maximum atomic E-state index is 12.7. The van der Waals surface area contributed by atoms with Gasteiger partial charge < -0.3 is 15.2 Å². The van der Waals surface area contributed by atoms with E-state index in [1.165, 1.54) is 0 Å². The lowest BCUT2D eigenvalue weighted by Gasteiger charge is -2.27. The first kappa shape index (κ1) is 14.6. The van der Waals surface area contributed by atoms with Crippen molar-refractivity contribution >= 4 is 11.8 Å². The van der Waals surface area contributed by atoms with Gasteiger partial charge in [0, 0.05) is 12.6 Å². The van der Waals surface area contributed by atoms with Crippen molar-refractivity contribution in [2.45, 2.75) is 45.6 Å². The number of primary amides is 1. The molecule has 6 heteroatoms. The number of carbonyl (C=O) groups excluding carboxylic acids is 2. The van der Waals surface area contributed by atoms with Crippen molar-refractivity contribution in [2.24, 2.45) is 11.7 Å². The summed E-state index contributed by atoms with van der Waals surface area (Å²) in [4.78, 5) is 25.8. The average molecular weight is 279 g/mol. The molecule has 2 amide bonds. The molecule has 0 aromatic carbocycles. The summed E-state index contributed by atoms with van der Waals surface area (Å²) >= 11 is 0. The second kappa shape index (κ2) is 5.64. The Kier molecular flexibility index (Phi) is 4.11. The number of likely N-dealkylation sites (tertiary alicyclic amines) is 1. The molecule has 2 heterocycles. The first-order chi connectivity index (χ1) is 9.41. The highest BCUT2D eigenvalue weighted by Gasteiger charge is 2.39. The molecule has 110 valence electrons. The van der Waals surface area contributed by atoms with Gasteiger partial charge in [-0.15, -0.1) is 0 Å². The third-order valence-corrected chi connectivity index (χ3v) is 3.75. The van der Waals surface area contributed by atoms with E-state index in [9.17, 15) is 9.59 Å². The number of rotatable bonds is 4. The van der Waals surface area contributed by atoms with Crippen LogP contribution in [0, 0.1) is 12.8 Å². The van der Waals surface area contributed by atoms with Gasteiger partial charge in [-0.25, -0.2) is 0 Å². The zero-order valence-corrected chi connectivity index (χ0v) is 12.1. The van der Waals surface area contributed by atoms with E-state index in [2.05, 4.69) is 5.16 Å². The molecule has 0 aliphatic carbocycles. The Morgan fingerprint density at radius 2 is 2.20 bits per heavy atom. The maximum absolute atomic E-state index is 12.7. The van der Waals surface area contributed by atoms with Gasteiger partial charge in [-0.2, -0.15) is 0 Å². The van der Waals surface area contributed by atoms with Crippen LogP contribution in [0.5, 0.6) is 0 Å². The quantitative estimate of drug-likeness (QED) is 0.896. The standard InChI is InChI=1S/C14H21N3O3/c1-8(2)12(11-7-9(3)16-20-11)14(19)17-6-4-5-10(17)13(15)18/h7-8,10,12H,4-6H2,1-3H3,(H2,15,18). The number of amides is 2. The number of hydrogen-bond donors (Lipinski definition) is 1. The molecule has 1 fully saturated rings. The highest BCUT2D eigenvalue weighted by molar-refractivity contribution is 5.90. The third-order valence-electron chi connectivity index (χ3n) is 3.75. The number of nitrogens with two attached hydrogens (primary N) is 1. The lowest BCUT2D eigenvalue weighted by atomic mass is 9.91. The fourth-order valence-corrected chi connectivity index (χ4v) is 2.77. The fourth-order valence-electron chi connectivity index (χ4n) is 2.77. The molecule has 20 heavy (non-hydrogen) atoms. The fraction of sp³-hybridized carbons (Fsp3) is 0.643. The smallest absolute Gasteiger partial charge is 0.240 e. The second-order valence-corrected chi connectivity index (χ2v) is 5.68. The monoisotopic (exact) mass is 279 g/mol. The van der Waals surface area contributed by atoms with Crippen LogP contribution in [0.25, 0.3) is 0 Å². The minimum absolute atomic E-state index is 0.0592. The Morgan fingerprint density at radius 3 is 2.70 bits per heavy atom. The molecule has 0 spiro atoms. The van der Waals surface area contributed by atoms with Gasteiger partial charge >= 0.3 is 0 Å². The van der Waals surface area contributed by atoms with E-state index in [0.717, 1.165) is 12.1 Å². The van der Waals surface area contributed by atoms with E-state index in [0.29, 0.717) is 18.7 Å². The van der Waals surface area contributed by atoms with Gasteiger partial charge in [0.25, 0.3) is 0 Å². The van der Waals surface area contributed by atoms with Crippen LogP contribution in [0.2, 0.25) is 0 Å². The molecule has 0 radical (unpaired) electrons. The summed E-state index contributed by atoms with van der Waals surface area (Å²) in [6.45, 7) is 6.30. The number of aryl methyl sites for hydroxylation is 1. The van der Waals surface area contributed by atoms with E-state index in [1.54, 1.807) is 11.0 Å². The first-order valence-electron chi connectivity index (χ1n) is 6.94. The minimum atomic E-state index is -0.493. The van der Waals surface area contributed by atoms with Crippen LogP contribution >= 0.6 is 0 Å². The Morgan fingerprint density at radius 1 is 1.50 bits per heavy atom. The summed E-state index contributed by atoms with van der Waals surface area (Å²) in [6, 6.07) is 1.28. The molecular formula is C14H21N3O3. The van der Waals surface area contributed by atoms with Crippen molar-refractivity contribution in [1.82, 2.24) is 10.1 Å².